The van der Waals surface area contributed by atoms with Gasteiger partial charge in [-0.2, -0.15) is 0 Å². The highest BCUT2D eigenvalue weighted by Crippen LogP contribution is 2.43. The third-order valence-corrected chi connectivity index (χ3v) is 3.69. The second kappa shape index (κ2) is 6.56. The highest BCUT2D eigenvalue weighted by atomic mass is 16.5. The third kappa shape index (κ3) is 3.32. The zero-order valence-corrected chi connectivity index (χ0v) is 12.8. The number of methoxy groups -OCH3 is 2. The lowest BCUT2D eigenvalue weighted by molar-refractivity contribution is -0.169. The number of rotatable bonds is 4. The van der Waals surface area contributed by atoms with Crippen LogP contribution in [0.3, 0.4) is 0 Å². The molecular formula is C15H20O6. The second-order valence-corrected chi connectivity index (χ2v) is 5.03. The average Bonchev–Trinajstić information content (AvgIpc) is 2.46. The van der Waals surface area contributed by atoms with Crippen LogP contribution in [0, 0.1) is 5.41 Å². The SMILES string of the molecule is C=C1CC(C(=O)OC)(C(=O)OC)CC(COC(C)=O)=C1C. The quantitative estimate of drug-likeness (QED) is 0.445. The maximum Gasteiger partial charge on any atom is 0.323 e. The van der Waals surface area contributed by atoms with E-state index in [-0.39, 0.29) is 19.4 Å². The van der Waals surface area contributed by atoms with Gasteiger partial charge in [0.15, 0.2) is 5.41 Å². The molecule has 0 radical (unpaired) electrons. The summed E-state index contributed by atoms with van der Waals surface area (Å²) in [5.74, 6) is -1.79. The molecule has 1 aliphatic carbocycles. The van der Waals surface area contributed by atoms with Crippen molar-refractivity contribution in [2.45, 2.75) is 26.7 Å². The lowest BCUT2D eigenvalue weighted by Gasteiger charge is -2.34. The summed E-state index contributed by atoms with van der Waals surface area (Å²) in [4.78, 5) is 35.2. The lowest BCUT2D eigenvalue weighted by Crippen LogP contribution is -2.44. The highest BCUT2D eigenvalue weighted by molar-refractivity contribution is 6.01. The predicted molar refractivity (Wildman–Crippen MR) is 74.2 cm³/mol. The van der Waals surface area contributed by atoms with Crippen molar-refractivity contribution in [3.8, 4) is 0 Å². The van der Waals surface area contributed by atoms with Gasteiger partial charge in [-0.3, -0.25) is 14.4 Å². The lowest BCUT2D eigenvalue weighted by atomic mass is 9.70. The van der Waals surface area contributed by atoms with Crippen LogP contribution in [0.1, 0.15) is 26.7 Å². The minimum atomic E-state index is -1.46. The van der Waals surface area contributed by atoms with Gasteiger partial charge in [0, 0.05) is 6.92 Å². The van der Waals surface area contributed by atoms with Crippen LogP contribution in [0.25, 0.3) is 0 Å². The van der Waals surface area contributed by atoms with Gasteiger partial charge >= 0.3 is 17.9 Å². The van der Waals surface area contributed by atoms with Gasteiger partial charge in [0.05, 0.1) is 14.2 Å². The second-order valence-electron chi connectivity index (χ2n) is 5.03. The molecule has 0 aliphatic heterocycles. The normalized spacial score (nSPS) is 17.2. The number of hydrogen-bond donors (Lipinski definition) is 0. The molecule has 0 N–H and O–H groups in total. The summed E-state index contributed by atoms with van der Waals surface area (Å²) in [5, 5.41) is 0. The Morgan fingerprint density at radius 3 is 2.10 bits per heavy atom. The van der Waals surface area contributed by atoms with Gasteiger partial charge < -0.3 is 14.2 Å². The van der Waals surface area contributed by atoms with Crippen molar-refractivity contribution in [3.05, 3.63) is 23.3 Å². The number of allylic oxidation sites excluding steroid dienone is 2. The monoisotopic (exact) mass is 296 g/mol. The van der Waals surface area contributed by atoms with Crippen molar-refractivity contribution < 1.29 is 28.6 Å². The Morgan fingerprint density at radius 2 is 1.67 bits per heavy atom. The number of carbonyl (C=O) groups is 3. The molecule has 1 aliphatic rings. The summed E-state index contributed by atoms with van der Waals surface area (Å²) in [5.41, 5.74) is 0.659. The molecule has 6 heteroatoms. The molecule has 0 aromatic carbocycles. The summed E-state index contributed by atoms with van der Waals surface area (Å²) in [6, 6.07) is 0. The largest absolute Gasteiger partial charge is 0.468 e. The highest BCUT2D eigenvalue weighted by Gasteiger charge is 2.51. The van der Waals surface area contributed by atoms with E-state index in [1.165, 1.54) is 21.1 Å². The van der Waals surface area contributed by atoms with E-state index in [0.29, 0.717) is 11.1 Å². The molecule has 0 atom stereocenters. The van der Waals surface area contributed by atoms with Gasteiger partial charge in [-0.1, -0.05) is 12.2 Å². The van der Waals surface area contributed by atoms with Gasteiger partial charge in [-0.05, 0) is 30.9 Å². The van der Waals surface area contributed by atoms with Crippen molar-refractivity contribution in [1.82, 2.24) is 0 Å². The van der Waals surface area contributed by atoms with Crippen LogP contribution in [0.15, 0.2) is 23.3 Å². The third-order valence-electron chi connectivity index (χ3n) is 3.69. The fourth-order valence-electron chi connectivity index (χ4n) is 2.42. The van der Waals surface area contributed by atoms with Crippen molar-refractivity contribution in [2.75, 3.05) is 20.8 Å². The van der Waals surface area contributed by atoms with Crippen molar-refractivity contribution in [1.29, 1.82) is 0 Å². The Hall–Kier alpha value is -2.11. The van der Waals surface area contributed by atoms with E-state index < -0.39 is 23.3 Å². The molecule has 116 valence electrons. The molecular weight excluding hydrogens is 276 g/mol. The minimum Gasteiger partial charge on any atom is -0.468 e. The zero-order chi connectivity index (χ0) is 16.2. The van der Waals surface area contributed by atoms with Crippen LogP contribution in [0.4, 0.5) is 0 Å². The first-order valence-corrected chi connectivity index (χ1v) is 6.45. The van der Waals surface area contributed by atoms with Gasteiger partial charge in [-0.25, -0.2) is 0 Å². The zero-order valence-electron chi connectivity index (χ0n) is 12.8. The molecule has 0 spiro atoms. The van der Waals surface area contributed by atoms with Crippen LogP contribution in [0.5, 0.6) is 0 Å². The van der Waals surface area contributed by atoms with E-state index in [4.69, 9.17) is 14.2 Å². The Kier molecular flexibility index (Phi) is 5.29. The number of ether oxygens (including phenoxy) is 3. The molecule has 0 aromatic heterocycles. The molecule has 21 heavy (non-hydrogen) atoms. The first-order valence-electron chi connectivity index (χ1n) is 6.45. The smallest absolute Gasteiger partial charge is 0.323 e. The molecule has 0 bridgehead atoms. The number of hydrogen-bond acceptors (Lipinski definition) is 6. The average molecular weight is 296 g/mol. The Morgan fingerprint density at radius 1 is 1.14 bits per heavy atom. The van der Waals surface area contributed by atoms with E-state index in [0.717, 1.165) is 5.57 Å². The molecule has 0 heterocycles. The van der Waals surface area contributed by atoms with E-state index in [9.17, 15) is 14.4 Å². The fourth-order valence-corrected chi connectivity index (χ4v) is 2.42. The molecule has 0 saturated carbocycles. The minimum absolute atomic E-state index is 0.00985. The summed E-state index contributed by atoms with van der Waals surface area (Å²) in [7, 11) is 2.43. The Bertz CT molecular complexity index is 498. The topological polar surface area (TPSA) is 78.9 Å². The van der Waals surface area contributed by atoms with E-state index in [1.807, 2.05) is 6.92 Å². The van der Waals surface area contributed by atoms with Crippen LogP contribution >= 0.6 is 0 Å². The van der Waals surface area contributed by atoms with E-state index >= 15 is 0 Å². The predicted octanol–water partition coefficient (Wildman–Crippen LogP) is 1.55. The summed E-state index contributed by atoms with van der Waals surface area (Å²) in [6.45, 7) is 7.01. The Balaban J connectivity index is 3.20. The standard InChI is InChI=1S/C15H20O6/c1-9-6-15(13(17)19-4,14(18)20-5)7-12(10(9)2)8-21-11(3)16/h1,6-8H2,2-5H3. The first kappa shape index (κ1) is 16.9. The fraction of sp³-hybridized carbons (Fsp3) is 0.533. The van der Waals surface area contributed by atoms with Gasteiger partial charge in [0.25, 0.3) is 0 Å². The Labute approximate surface area is 123 Å². The molecule has 0 amide bonds. The van der Waals surface area contributed by atoms with Crippen LogP contribution in [0.2, 0.25) is 0 Å². The van der Waals surface area contributed by atoms with Crippen LogP contribution in [-0.2, 0) is 28.6 Å². The maximum atomic E-state index is 12.1. The van der Waals surface area contributed by atoms with Crippen molar-refractivity contribution in [3.63, 3.8) is 0 Å². The van der Waals surface area contributed by atoms with Gasteiger partial charge in [-0.15, -0.1) is 0 Å². The molecule has 1 rings (SSSR count). The van der Waals surface area contributed by atoms with Crippen LogP contribution in [-0.4, -0.2) is 38.7 Å². The number of esters is 3. The summed E-state index contributed by atoms with van der Waals surface area (Å²) < 4.78 is 14.5. The molecule has 0 fully saturated rings. The molecule has 0 unspecified atom stereocenters. The first-order chi connectivity index (χ1) is 9.78. The maximum absolute atomic E-state index is 12.1. The summed E-state index contributed by atoms with van der Waals surface area (Å²) >= 11 is 0. The van der Waals surface area contributed by atoms with Crippen molar-refractivity contribution >= 4 is 17.9 Å². The van der Waals surface area contributed by atoms with Crippen LogP contribution < -0.4 is 0 Å². The van der Waals surface area contributed by atoms with Crippen molar-refractivity contribution in [2.24, 2.45) is 5.41 Å². The molecule has 0 aromatic rings. The van der Waals surface area contributed by atoms with E-state index in [1.54, 1.807) is 0 Å². The molecule has 0 saturated heterocycles. The van der Waals surface area contributed by atoms with Gasteiger partial charge in [0.1, 0.15) is 6.61 Å². The van der Waals surface area contributed by atoms with E-state index in [2.05, 4.69) is 6.58 Å². The summed E-state index contributed by atoms with van der Waals surface area (Å²) in [6.07, 6.45) is 0.215. The molecule has 6 nitrogen and oxygen atoms in total. The van der Waals surface area contributed by atoms with Gasteiger partial charge in [0.2, 0.25) is 0 Å². The number of carbonyl (C=O) groups excluding carboxylic acids is 3.